The second-order valence-corrected chi connectivity index (χ2v) is 4.37. The summed E-state index contributed by atoms with van der Waals surface area (Å²) in [6.45, 7) is 0. The fourth-order valence-corrected chi connectivity index (χ4v) is 1.64. The zero-order valence-corrected chi connectivity index (χ0v) is 11.1. The SMILES string of the molecule is O=C(N/N=C\c1ccc(C(F)(F)F)cc1)c1cccc(O)c1. The molecule has 4 nitrogen and oxygen atoms in total. The average Bonchev–Trinajstić information content (AvgIpc) is 2.47. The van der Waals surface area contributed by atoms with Crippen LogP contribution in [0, 0.1) is 0 Å². The molecule has 0 heterocycles. The third-order valence-corrected chi connectivity index (χ3v) is 2.73. The second kappa shape index (κ2) is 6.30. The first-order chi connectivity index (χ1) is 10.4. The predicted octanol–water partition coefficient (Wildman–Crippen LogP) is 3.17. The Labute approximate surface area is 123 Å². The van der Waals surface area contributed by atoms with E-state index in [0.717, 1.165) is 12.1 Å². The Morgan fingerprint density at radius 3 is 2.41 bits per heavy atom. The molecule has 2 aromatic rings. The maximum Gasteiger partial charge on any atom is 0.416 e. The quantitative estimate of drug-likeness (QED) is 0.676. The molecular formula is C15H11F3N2O2. The number of halogens is 3. The van der Waals surface area contributed by atoms with Crippen molar-refractivity contribution in [1.29, 1.82) is 0 Å². The molecule has 2 rings (SSSR count). The number of carbonyl (C=O) groups excluding carboxylic acids is 1. The van der Waals surface area contributed by atoms with Crippen molar-refractivity contribution < 1.29 is 23.1 Å². The van der Waals surface area contributed by atoms with Gasteiger partial charge >= 0.3 is 6.18 Å². The van der Waals surface area contributed by atoms with Crippen LogP contribution in [0.25, 0.3) is 0 Å². The number of nitrogens with one attached hydrogen (secondary N) is 1. The summed E-state index contributed by atoms with van der Waals surface area (Å²) in [5.74, 6) is -0.599. The molecule has 0 saturated carbocycles. The second-order valence-electron chi connectivity index (χ2n) is 4.37. The molecule has 0 bridgehead atoms. The van der Waals surface area contributed by atoms with Gasteiger partial charge in [0.25, 0.3) is 5.91 Å². The number of phenols is 1. The molecule has 0 spiro atoms. The van der Waals surface area contributed by atoms with E-state index in [2.05, 4.69) is 10.5 Å². The van der Waals surface area contributed by atoms with Crippen LogP contribution in [0.4, 0.5) is 13.2 Å². The van der Waals surface area contributed by atoms with Gasteiger partial charge in [-0.15, -0.1) is 0 Å². The van der Waals surface area contributed by atoms with Crippen LogP contribution in [0.5, 0.6) is 5.75 Å². The molecule has 114 valence electrons. The van der Waals surface area contributed by atoms with Gasteiger partial charge in [0.2, 0.25) is 0 Å². The molecule has 0 unspecified atom stereocenters. The molecule has 22 heavy (non-hydrogen) atoms. The van der Waals surface area contributed by atoms with E-state index in [4.69, 9.17) is 0 Å². The molecule has 0 saturated heterocycles. The number of rotatable bonds is 3. The van der Waals surface area contributed by atoms with E-state index in [0.29, 0.717) is 5.56 Å². The molecule has 2 N–H and O–H groups in total. The van der Waals surface area contributed by atoms with Crippen LogP contribution < -0.4 is 5.43 Å². The molecule has 0 aromatic heterocycles. The number of alkyl halides is 3. The number of hydrazone groups is 1. The predicted molar refractivity (Wildman–Crippen MR) is 74.6 cm³/mol. The lowest BCUT2D eigenvalue weighted by Crippen LogP contribution is -2.17. The van der Waals surface area contributed by atoms with Crippen LogP contribution in [0.3, 0.4) is 0 Å². The molecule has 0 aliphatic rings. The van der Waals surface area contributed by atoms with Crippen molar-refractivity contribution in [1.82, 2.24) is 5.43 Å². The van der Waals surface area contributed by atoms with Crippen LogP contribution in [0.1, 0.15) is 21.5 Å². The van der Waals surface area contributed by atoms with Gasteiger partial charge in [0.1, 0.15) is 5.75 Å². The first-order valence-corrected chi connectivity index (χ1v) is 6.16. The Hall–Kier alpha value is -2.83. The summed E-state index contributed by atoms with van der Waals surface area (Å²) in [6, 6.07) is 10.0. The van der Waals surface area contributed by atoms with Crippen LogP contribution in [0.2, 0.25) is 0 Å². The number of hydrogen-bond acceptors (Lipinski definition) is 3. The Kier molecular flexibility index (Phi) is 4.45. The first-order valence-electron chi connectivity index (χ1n) is 6.16. The summed E-state index contributed by atoms with van der Waals surface area (Å²) in [6.07, 6.45) is -3.17. The van der Waals surface area contributed by atoms with Crippen molar-refractivity contribution in [3.63, 3.8) is 0 Å². The van der Waals surface area contributed by atoms with Crippen LogP contribution in [0.15, 0.2) is 53.6 Å². The van der Waals surface area contributed by atoms with Crippen molar-refractivity contribution >= 4 is 12.1 Å². The molecule has 0 atom stereocenters. The van der Waals surface area contributed by atoms with Crippen molar-refractivity contribution in [2.75, 3.05) is 0 Å². The number of carbonyl (C=O) groups is 1. The van der Waals surface area contributed by atoms with Gasteiger partial charge in [0.05, 0.1) is 11.8 Å². The molecule has 0 aliphatic heterocycles. The molecule has 0 aliphatic carbocycles. The number of phenolic OH excluding ortho intramolecular Hbond substituents is 1. The minimum Gasteiger partial charge on any atom is -0.508 e. The lowest BCUT2D eigenvalue weighted by molar-refractivity contribution is -0.137. The third kappa shape index (κ3) is 4.08. The summed E-state index contributed by atoms with van der Waals surface area (Å²) >= 11 is 0. The van der Waals surface area contributed by atoms with E-state index in [1.807, 2.05) is 0 Å². The smallest absolute Gasteiger partial charge is 0.416 e. The molecule has 2 aromatic carbocycles. The normalized spacial score (nSPS) is 11.6. The lowest BCUT2D eigenvalue weighted by Gasteiger charge is -2.05. The van der Waals surface area contributed by atoms with Gasteiger partial charge in [-0.3, -0.25) is 4.79 Å². The number of aromatic hydroxyl groups is 1. The van der Waals surface area contributed by atoms with Gasteiger partial charge in [0, 0.05) is 5.56 Å². The van der Waals surface area contributed by atoms with Crippen molar-refractivity contribution in [2.24, 2.45) is 5.10 Å². The summed E-state index contributed by atoms with van der Waals surface area (Å²) in [7, 11) is 0. The van der Waals surface area contributed by atoms with E-state index >= 15 is 0 Å². The van der Waals surface area contributed by atoms with Gasteiger partial charge in [-0.1, -0.05) is 18.2 Å². The highest BCUT2D eigenvalue weighted by Gasteiger charge is 2.29. The summed E-state index contributed by atoms with van der Waals surface area (Å²) in [4.78, 5) is 11.7. The largest absolute Gasteiger partial charge is 0.508 e. The first kappa shape index (κ1) is 15.6. The Morgan fingerprint density at radius 1 is 1.14 bits per heavy atom. The Balaban J connectivity index is 1.99. The Bertz CT molecular complexity index is 695. The number of nitrogens with zero attached hydrogens (tertiary/aromatic N) is 1. The third-order valence-electron chi connectivity index (χ3n) is 2.73. The van der Waals surface area contributed by atoms with Gasteiger partial charge in [-0.05, 0) is 35.9 Å². The molecule has 7 heteroatoms. The highest BCUT2D eigenvalue weighted by Crippen LogP contribution is 2.28. The fourth-order valence-electron chi connectivity index (χ4n) is 1.64. The monoisotopic (exact) mass is 308 g/mol. The standard InChI is InChI=1S/C15H11F3N2O2/c16-15(17,18)12-6-4-10(5-7-12)9-19-20-14(22)11-2-1-3-13(21)8-11/h1-9,21H,(H,20,22)/b19-9-. The van der Waals surface area contributed by atoms with Gasteiger partial charge in [-0.25, -0.2) is 5.43 Å². The zero-order chi connectivity index (χ0) is 16.2. The maximum atomic E-state index is 12.4. The molecule has 0 fully saturated rings. The Morgan fingerprint density at radius 2 is 1.82 bits per heavy atom. The molecule has 1 amide bonds. The van der Waals surface area contributed by atoms with Crippen LogP contribution in [-0.2, 0) is 6.18 Å². The number of benzene rings is 2. The highest BCUT2D eigenvalue weighted by atomic mass is 19.4. The summed E-state index contributed by atoms with van der Waals surface area (Å²) in [5, 5.41) is 12.9. The van der Waals surface area contributed by atoms with E-state index in [-0.39, 0.29) is 11.3 Å². The van der Waals surface area contributed by atoms with Crippen molar-refractivity contribution in [3.8, 4) is 5.75 Å². The van der Waals surface area contributed by atoms with Gasteiger partial charge < -0.3 is 5.11 Å². The topological polar surface area (TPSA) is 61.7 Å². The average molecular weight is 308 g/mol. The fraction of sp³-hybridized carbons (Fsp3) is 0.0667. The summed E-state index contributed by atoms with van der Waals surface area (Å²) in [5.41, 5.74) is 2.08. The number of hydrogen-bond donors (Lipinski definition) is 2. The van der Waals surface area contributed by atoms with Crippen LogP contribution in [-0.4, -0.2) is 17.2 Å². The maximum absolute atomic E-state index is 12.4. The van der Waals surface area contributed by atoms with Crippen molar-refractivity contribution in [3.05, 3.63) is 65.2 Å². The van der Waals surface area contributed by atoms with E-state index in [9.17, 15) is 23.1 Å². The van der Waals surface area contributed by atoms with Gasteiger partial charge in [0.15, 0.2) is 0 Å². The minimum atomic E-state index is -4.39. The zero-order valence-electron chi connectivity index (χ0n) is 11.1. The highest BCUT2D eigenvalue weighted by molar-refractivity contribution is 5.95. The lowest BCUT2D eigenvalue weighted by atomic mass is 10.1. The van der Waals surface area contributed by atoms with Gasteiger partial charge in [-0.2, -0.15) is 18.3 Å². The van der Waals surface area contributed by atoms with E-state index < -0.39 is 17.6 Å². The van der Waals surface area contributed by atoms with Crippen molar-refractivity contribution in [2.45, 2.75) is 6.18 Å². The molecular weight excluding hydrogens is 297 g/mol. The van der Waals surface area contributed by atoms with E-state index in [1.54, 1.807) is 0 Å². The molecule has 0 radical (unpaired) electrons. The van der Waals surface area contributed by atoms with Crippen LogP contribution >= 0.6 is 0 Å². The number of amides is 1. The summed E-state index contributed by atoms with van der Waals surface area (Å²) < 4.78 is 37.2. The minimum absolute atomic E-state index is 0.0561. The van der Waals surface area contributed by atoms with E-state index in [1.165, 1.54) is 42.6 Å².